The maximum Gasteiger partial charge on any atom is 0.0249 e. The Morgan fingerprint density at radius 3 is 2.32 bits per heavy atom. The quantitative estimate of drug-likeness (QED) is 0.720. The van der Waals surface area contributed by atoms with Gasteiger partial charge in [-0.15, -0.1) is 0 Å². The van der Waals surface area contributed by atoms with Crippen LogP contribution in [0.2, 0.25) is 0 Å². The van der Waals surface area contributed by atoms with Gasteiger partial charge < -0.3 is 5.73 Å². The van der Waals surface area contributed by atoms with E-state index >= 15 is 0 Å². The molecule has 0 amide bonds. The van der Waals surface area contributed by atoms with Crippen LogP contribution in [0.1, 0.15) is 72.6 Å². The van der Waals surface area contributed by atoms with E-state index < -0.39 is 0 Å². The summed E-state index contributed by atoms with van der Waals surface area (Å²) in [5.41, 5.74) is 6.43. The Bertz CT molecular complexity index is 225. The average Bonchev–Trinajstić information content (AvgIpc) is 2.43. The van der Waals surface area contributed by atoms with Gasteiger partial charge in [0.15, 0.2) is 0 Å². The Morgan fingerprint density at radius 1 is 1.11 bits per heavy atom. The molecule has 1 rings (SSSR count). The van der Waals surface area contributed by atoms with Gasteiger partial charge in [0.25, 0.3) is 0 Å². The van der Waals surface area contributed by atoms with Crippen LogP contribution in [0.3, 0.4) is 0 Å². The zero-order valence-electron chi connectivity index (χ0n) is 13.7. The molecule has 0 aromatic carbocycles. The number of hydrogen-bond acceptors (Lipinski definition) is 2. The van der Waals surface area contributed by atoms with Gasteiger partial charge in [-0.2, -0.15) is 0 Å². The summed E-state index contributed by atoms with van der Waals surface area (Å²) in [7, 11) is 0. The van der Waals surface area contributed by atoms with Gasteiger partial charge in [0, 0.05) is 18.6 Å². The summed E-state index contributed by atoms with van der Waals surface area (Å²) in [6, 6.07) is 1.04. The fraction of sp³-hybridized carbons (Fsp3) is 1.00. The van der Waals surface area contributed by atoms with Crippen molar-refractivity contribution in [2.45, 2.75) is 84.7 Å². The first-order valence-corrected chi connectivity index (χ1v) is 8.65. The Labute approximate surface area is 121 Å². The van der Waals surface area contributed by atoms with Gasteiger partial charge in [-0.3, -0.25) is 4.90 Å². The molecule has 0 saturated heterocycles. The number of likely N-dealkylation sites (N-methyl/N-ethyl adjacent to an activating group) is 1. The zero-order valence-corrected chi connectivity index (χ0v) is 13.7. The number of nitrogens with zero attached hydrogens (tertiary/aromatic N) is 1. The molecule has 2 heteroatoms. The number of rotatable bonds is 8. The second-order valence-electron chi connectivity index (χ2n) is 6.47. The van der Waals surface area contributed by atoms with Crippen molar-refractivity contribution >= 4 is 0 Å². The molecule has 2 N–H and O–H groups in total. The second kappa shape index (κ2) is 8.97. The van der Waals surface area contributed by atoms with E-state index in [1.54, 1.807) is 0 Å². The molecule has 1 fully saturated rings. The van der Waals surface area contributed by atoms with Crippen LogP contribution in [0, 0.1) is 11.8 Å². The van der Waals surface area contributed by atoms with Crippen LogP contribution in [0.5, 0.6) is 0 Å². The molecule has 0 aliphatic heterocycles. The van der Waals surface area contributed by atoms with E-state index in [-0.39, 0.29) is 0 Å². The topological polar surface area (TPSA) is 29.3 Å². The van der Waals surface area contributed by atoms with E-state index in [2.05, 4.69) is 32.6 Å². The number of nitrogens with two attached hydrogens (primary N) is 1. The summed E-state index contributed by atoms with van der Waals surface area (Å²) >= 11 is 0. The van der Waals surface area contributed by atoms with Crippen molar-refractivity contribution in [1.29, 1.82) is 0 Å². The predicted octanol–water partition coefficient (Wildman–Crippen LogP) is 4.04. The maximum atomic E-state index is 6.43. The Kier molecular flexibility index (Phi) is 8.01. The first kappa shape index (κ1) is 17.0. The molecule has 0 aromatic rings. The molecule has 3 unspecified atom stereocenters. The third-order valence-corrected chi connectivity index (χ3v) is 5.20. The van der Waals surface area contributed by atoms with Crippen molar-refractivity contribution in [3.05, 3.63) is 0 Å². The lowest BCUT2D eigenvalue weighted by atomic mass is 9.79. The minimum Gasteiger partial charge on any atom is -0.326 e. The van der Waals surface area contributed by atoms with Crippen LogP contribution in [0.25, 0.3) is 0 Å². The van der Waals surface area contributed by atoms with E-state index in [0.717, 1.165) is 18.4 Å². The molecule has 0 radical (unpaired) electrons. The van der Waals surface area contributed by atoms with Crippen LogP contribution in [0.4, 0.5) is 0 Å². The standard InChI is InChI=1S/C17H36N2/c1-5-9-15-10-11-16(18)17(12-15)19(8-4)13-14(6-2)7-3/h14-17H,5-13,18H2,1-4H3. The predicted molar refractivity (Wildman–Crippen MR) is 85.3 cm³/mol. The molecule has 114 valence electrons. The summed E-state index contributed by atoms with van der Waals surface area (Å²) in [6.45, 7) is 11.7. The van der Waals surface area contributed by atoms with Crippen molar-refractivity contribution < 1.29 is 0 Å². The van der Waals surface area contributed by atoms with Gasteiger partial charge in [0.05, 0.1) is 0 Å². The fourth-order valence-corrected chi connectivity index (χ4v) is 3.72. The van der Waals surface area contributed by atoms with Crippen molar-refractivity contribution in [2.24, 2.45) is 17.6 Å². The normalized spacial score (nSPS) is 28.3. The van der Waals surface area contributed by atoms with Crippen LogP contribution < -0.4 is 5.73 Å². The van der Waals surface area contributed by atoms with Crippen LogP contribution in [0.15, 0.2) is 0 Å². The lowest BCUT2D eigenvalue weighted by Gasteiger charge is -2.42. The molecular weight excluding hydrogens is 232 g/mol. The van der Waals surface area contributed by atoms with Gasteiger partial charge in [-0.25, -0.2) is 0 Å². The Morgan fingerprint density at radius 2 is 1.79 bits per heavy atom. The molecule has 0 spiro atoms. The Hall–Kier alpha value is -0.0800. The third-order valence-electron chi connectivity index (χ3n) is 5.20. The maximum absolute atomic E-state index is 6.43. The fourth-order valence-electron chi connectivity index (χ4n) is 3.72. The van der Waals surface area contributed by atoms with Crippen LogP contribution >= 0.6 is 0 Å². The SMILES string of the molecule is CCCC1CCC(N)C(N(CC)CC(CC)CC)C1. The van der Waals surface area contributed by atoms with Gasteiger partial charge in [-0.05, 0) is 37.6 Å². The second-order valence-corrected chi connectivity index (χ2v) is 6.47. The summed E-state index contributed by atoms with van der Waals surface area (Å²) in [4.78, 5) is 2.68. The monoisotopic (exact) mass is 268 g/mol. The lowest BCUT2D eigenvalue weighted by molar-refractivity contribution is 0.0957. The van der Waals surface area contributed by atoms with E-state index in [1.165, 1.54) is 51.5 Å². The molecule has 19 heavy (non-hydrogen) atoms. The highest BCUT2D eigenvalue weighted by molar-refractivity contribution is 4.89. The first-order valence-electron chi connectivity index (χ1n) is 8.65. The highest BCUT2D eigenvalue weighted by Crippen LogP contribution is 2.30. The molecule has 0 bridgehead atoms. The first-order chi connectivity index (χ1) is 9.15. The van der Waals surface area contributed by atoms with E-state index in [4.69, 9.17) is 5.73 Å². The molecule has 1 aliphatic rings. The van der Waals surface area contributed by atoms with Gasteiger partial charge in [0.1, 0.15) is 0 Å². The average molecular weight is 268 g/mol. The number of hydrogen-bond donors (Lipinski definition) is 1. The summed E-state index contributed by atoms with van der Waals surface area (Å²) in [5, 5.41) is 0. The molecular formula is C17H36N2. The molecule has 2 nitrogen and oxygen atoms in total. The smallest absolute Gasteiger partial charge is 0.0249 e. The highest BCUT2D eigenvalue weighted by Gasteiger charge is 2.31. The summed E-state index contributed by atoms with van der Waals surface area (Å²) in [6.07, 6.45) is 9.24. The van der Waals surface area contributed by atoms with Gasteiger partial charge in [-0.1, -0.05) is 53.4 Å². The summed E-state index contributed by atoms with van der Waals surface area (Å²) in [5.74, 6) is 1.77. The van der Waals surface area contributed by atoms with Crippen molar-refractivity contribution in [1.82, 2.24) is 4.90 Å². The van der Waals surface area contributed by atoms with Gasteiger partial charge >= 0.3 is 0 Å². The molecule has 1 saturated carbocycles. The third kappa shape index (κ3) is 5.07. The minimum absolute atomic E-state index is 0.405. The van der Waals surface area contributed by atoms with E-state index in [0.29, 0.717) is 12.1 Å². The molecule has 1 aliphatic carbocycles. The summed E-state index contributed by atoms with van der Waals surface area (Å²) < 4.78 is 0. The van der Waals surface area contributed by atoms with Crippen LogP contribution in [-0.2, 0) is 0 Å². The minimum atomic E-state index is 0.405. The van der Waals surface area contributed by atoms with Crippen LogP contribution in [-0.4, -0.2) is 30.1 Å². The molecule has 0 heterocycles. The lowest BCUT2D eigenvalue weighted by Crippen LogP contribution is -2.52. The largest absolute Gasteiger partial charge is 0.326 e. The molecule has 3 atom stereocenters. The highest BCUT2D eigenvalue weighted by atomic mass is 15.2. The van der Waals surface area contributed by atoms with Crippen molar-refractivity contribution in [3.63, 3.8) is 0 Å². The Balaban J connectivity index is 2.60. The van der Waals surface area contributed by atoms with E-state index in [1.807, 2.05) is 0 Å². The molecule has 0 aromatic heterocycles. The zero-order chi connectivity index (χ0) is 14.3. The van der Waals surface area contributed by atoms with Gasteiger partial charge in [0.2, 0.25) is 0 Å². The van der Waals surface area contributed by atoms with E-state index in [9.17, 15) is 0 Å². The van der Waals surface area contributed by atoms with Crippen molar-refractivity contribution in [2.75, 3.05) is 13.1 Å². The van der Waals surface area contributed by atoms with Crippen molar-refractivity contribution in [3.8, 4) is 0 Å².